The summed E-state index contributed by atoms with van der Waals surface area (Å²) < 4.78 is 6.72. The normalized spacial score (nSPS) is 42.8. The Morgan fingerprint density at radius 2 is 2.06 bits per heavy atom. The highest BCUT2D eigenvalue weighted by molar-refractivity contribution is 8.01. The number of rotatable bonds is 2. The average Bonchev–Trinajstić information content (AvgIpc) is 2.15. The first-order chi connectivity index (χ1) is 7.53. The third-order valence-corrected chi connectivity index (χ3v) is 5.75. The number of ether oxygens (including phenoxy) is 1. The van der Waals surface area contributed by atoms with E-state index in [1.165, 1.54) is 32.1 Å². The van der Waals surface area contributed by atoms with Gasteiger partial charge in [0.15, 0.2) is 0 Å². The van der Waals surface area contributed by atoms with E-state index in [0.717, 1.165) is 11.8 Å². The molecule has 4 atom stereocenters. The van der Waals surface area contributed by atoms with Crippen LogP contribution in [0.5, 0.6) is 0 Å². The van der Waals surface area contributed by atoms with Crippen LogP contribution in [0.2, 0.25) is 0 Å². The van der Waals surface area contributed by atoms with E-state index in [1.807, 2.05) is 0 Å². The van der Waals surface area contributed by atoms with Gasteiger partial charge in [0.25, 0.3) is 0 Å². The highest BCUT2D eigenvalue weighted by Gasteiger charge is 2.45. The van der Waals surface area contributed by atoms with Gasteiger partial charge >= 0.3 is 0 Å². The van der Waals surface area contributed by atoms with Crippen LogP contribution in [0.4, 0.5) is 0 Å². The van der Waals surface area contributed by atoms with Crippen LogP contribution < -0.4 is 0 Å². The summed E-state index contributed by atoms with van der Waals surface area (Å²) >= 11 is 2.08. The predicted octanol–water partition coefficient (Wildman–Crippen LogP) is 4.46. The molecule has 1 saturated heterocycles. The second kappa shape index (κ2) is 4.89. The Hall–Kier alpha value is 0.310. The van der Waals surface area contributed by atoms with Crippen LogP contribution in [0.15, 0.2) is 0 Å². The van der Waals surface area contributed by atoms with Gasteiger partial charge in [-0.05, 0) is 31.1 Å². The van der Waals surface area contributed by atoms with Crippen molar-refractivity contribution in [1.29, 1.82) is 0 Å². The molecule has 0 aromatic rings. The highest BCUT2D eigenvalue weighted by Crippen LogP contribution is 2.50. The van der Waals surface area contributed by atoms with Gasteiger partial charge in [-0.2, -0.15) is 0 Å². The number of hydrogen-bond donors (Lipinski definition) is 0. The van der Waals surface area contributed by atoms with Gasteiger partial charge in [0.1, 0.15) is 5.44 Å². The van der Waals surface area contributed by atoms with Crippen molar-refractivity contribution in [3.05, 3.63) is 0 Å². The van der Waals surface area contributed by atoms with Gasteiger partial charge in [0, 0.05) is 4.75 Å². The number of thioether (sulfide) groups is 1. The summed E-state index contributed by atoms with van der Waals surface area (Å²) in [5.41, 5.74) is 0.451. The maximum absolute atomic E-state index is 6.30. The molecule has 1 heterocycles. The monoisotopic (exact) mass is 242 g/mol. The van der Waals surface area contributed by atoms with E-state index < -0.39 is 0 Å². The molecule has 0 aromatic heterocycles. The Morgan fingerprint density at radius 3 is 2.75 bits per heavy atom. The summed E-state index contributed by atoms with van der Waals surface area (Å²) in [6.07, 6.45) is 7.04. The van der Waals surface area contributed by atoms with Crippen LogP contribution in [-0.4, -0.2) is 16.3 Å². The van der Waals surface area contributed by atoms with Crippen LogP contribution in [-0.2, 0) is 4.74 Å². The molecule has 0 radical (unpaired) electrons. The van der Waals surface area contributed by atoms with Crippen molar-refractivity contribution in [2.75, 3.05) is 0 Å². The Bertz CT molecular complexity index is 239. The summed E-state index contributed by atoms with van der Waals surface area (Å²) in [6, 6.07) is 0. The largest absolute Gasteiger partial charge is 0.364 e. The molecule has 2 fully saturated rings. The van der Waals surface area contributed by atoms with Crippen LogP contribution in [0.3, 0.4) is 0 Å². The van der Waals surface area contributed by atoms with Gasteiger partial charge in [-0.1, -0.05) is 40.5 Å². The van der Waals surface area contributed by atoms with Crippen LogP contribution in [0.1, 0.15) is 59.8 Å². The zero-order valence-electron chi connectivity index (χ0n) is 11.2. The molecule has 0 amide bonds. The van der Waals surface area contributed by atoms with E-state index in [9.17, 15) is 0 Å². The van der Waals surface area contributed by atoms with Gasteiger partial charge in [-0.15, -0.1) is 11.8 Å². The molecule has 1 aliphatic carbocycles. The lowest BCUT2D eigenvalue weighted by Crippen LogP contribution is -2.48. The maximum atomic E-state index is 6.30. The van der Waals surface area contributed by atoms with E-state index in [2.05, 4.69) is 39.5 Å². The van der Waals surface area contributed by atoms with Gasteiger partial charge in [-0.3, -0.25) is 0 Å². The molecule has 1 nitrogen and oxygen atoms in total. The predicted molar refractivity (Wildman–Crippen MR) is 71.7 cm³/mol. The minimum atomic E-state index is 0.420. The lowest BCUT2D eigenvalue weighted by atomic mass is 9.75. The molecule has 2 rings (SSSR count). The fourth-order valence-electron chi connectivity index (χ4n) is 3.29. The summed E-state index contributed by atoms with van der Waals surface area (Å²) in [5, 5.41) is 0. The van der Waals surface area contributed by atoms with Crippen LogP contribution in [0.25, 0.3) is 0 Å². The van der Waals surface area contributed by atoms with Crippen molar-refractivity contribution in [2.45, 2.75) is 76.1 Å². The second-order valence-corrected chi connectivity index (χ2v) is 7.95. The van der Waals surface area contributed by atoms with Crippen molar-refractivity contribution in [3.63, 3.8) is 0 Å². The molecule has 4 unspecified atom stereocenters. The van der Waals surface area contributed by atoms with E-state index in [4.69, 9.17) is 4.74 Å². The SMILES string of the molecule is CCCC1OC2CC(C)CCC2C(C)(C)S1. The van der Waals surface area contributed by atoms with Gasteiger partial charge < -0.3 is 4.74 Å². The molecule has 1 saturated carbocycles. The van der Waals surface area contributed by atoms with Crippen molar-refractivity contribution in [3.8, 4) is 0 Å². The number of hydrogen-bond acceptors (Lipinski definition) is 2. The second-order valence-electron chi connectivity index (χ2n) is 6.14. The number of fused-ring (bicyclic) bond motifs is 1. The lowest BCUT2D eigenvalue weighted by molar-refractivity contribution is -0.0598. The Morgan fingerprint density at radius 1 is 1.31 bits per heavy atom. The first-order valence-electron chi connectivity index (χ1n) is 6.86. The third kappa shape index (κ3) is 2.59. The highest BCUT2D eigenvalue weighted by atomic mass is 32.2. The smallest absolute Gasteiger partial charge is 0.104 e. The van der Waals surface area contributed by atoms with E-state index in [1.54, 1.807) is 0 Å². The fraction of sp³-hybridized carbons (Fsp3) is 1.00. The molecule has 0 bridgehead atoms. The van der Waals surface area contributed by atoms with Crippen LogP contribution >= 0.6 is 11.8 Å². The van der Waals surface area contributed by atoms with E-state index in [-0.39, 0.29) is 0 Å². The van der Waals surface area contributed by atoms with E-state index in [0.29, 0.717) is 16.3 Å². The molecule has 0 spiro atoms. The molecule has 1 aliphatic heterocycles. The summed E-state index contributed by atoms with van der Waals surface area (Å²) in [7, 11) is 0. The van der Waals surface area contributed by atoms with Gasteiger partial charge in [-0.25, -0.2) is 0 Å². The molecular formula is C14H26OS. The zero-order valence-corrected chi connectivity index (χ0v) is 12.0. The standard InChI is InChI=1S/C14H26OS/c1-5-6-13-15-12-9-10(2)7-8-11(12)14(3,4)16-13/h10-13H,5-9H2,1-4H3. The van der Waals surface area contributed by atoms with Crippen molar-refractivity contribution in [1.82, 2.24) is 0 Å². The molecule has 0 N–H and O–H groups in total. The summed E-state index contributed by atoms with van der Waals surface area (Å²) in [5.74, 6) is 1.64. The first kappa shape index (κ1) is 12.8. The molecule has 0 aromatic carbocycles. The van der Waals surface area contributed by atoms with E-state index >= 15 is 0 Å². The Labute approximate surface area is 105 Å². The fourth-order valence-corrected chi connectivity index (χ4v) is 4.96. The zero-order chi connectivity index (χ0) is 11.8. The van der Waals surface area contributed by atoms with Crippen molar-refractivity contribution >= 4 is 11.8 Å². The average molecular weight is 242 g/mol. The maximum Gasteiger partial charge on any atom is 0.104 e. The molecule has 94 valence electrons. The summed E-state index contributed by atoms with van der Waals surface area (Å²) in [4.78, 5) is 0. The minimum Gasteiger partial charge on any atom is -0.364 e. The third-order valence-electron chi connectivity index (χ3n) is 4.23. The quantitative estimate of drug-likeness (QED) is 0.707. The molecule has 2 heteroatoms. The minimum absolute atomic E-state index is 0.420. The topological polar surface area (TPSA) is 9.23 Å². The molecule has 16 heavy (non-hydrogen) atoms. The lowest BCUT2D eigenvalue weighted by Gasteiger charge is -2.50. The van der Waals surface area contributed by atoms with Crippen molar-refractivity contribution in [2.24, 2.45) is 11.8 Å². The summed E-state index contributed by atoms with van der Waals surface area (Å²) in [6.45, 7) is 9.49. The Kier molecular flexibility index (Phi) is 3.90. The Balaban J connectivity index is 2.06. The first-order valence-corrected chi connectivity index (χ1v) is 7.74. The van der Waals surface area contributed by atoms with Crippen molar-refractivity contribution < 1.29 is 4.74 Å². The molecule has 2 aliphatic rings. The van der Waals surface area contributed by atoms with Gasteiger partial charge in [0.2, 0.25) is 0 Å². The molecular weight excluding hydrogens is 216 g/mol. The van der Waals surface area contributed by atoms with Crippen LogP contribution in [0, 0.1) is 11.8 Å². The van der Waals surface area contributed by atoms with Gasteiger partial charge in [0.05, 0.1) is 6.10 Å².